The van der Waals surface area contributed by atoms with Crippen LogP contribution in [0.5, 0.6) is 0 Å². The fourth-order valence-electron chi connectivity index (χ4n) is 4.38. The molecule has 1 saturated carbocycles. The van der Waals surface area contributed by atoms with Crippen LogP contribution in [0.25, 0.3) is 16.9 Å². The van der Waals surface area contributed by atoms with Crippen molar-refractivity contribution >= 4 is 16.9 Å². The van der Waals surface area contributed by atoms with Crippen LogP contribution in [-0.4, -0.2) is 51.3 Å². The zero-order valence-electron chi connectivity index (χ0n) is 17.2. The molecule has 3 heterocycles. The van der Waals surface area contributed by atoms with Gasteiger partial charge in [-0.3, -0.25) is 5.10 Å². The lowest BCUT2D eigenvalue weighted by molar-refractivity contribution is 0.144. The van der Waals surface area contributed by atoms with Crippen molar-refractivity contribution in [1.29, 1.82) is 0 Å². The van der Waals surface area contributed by atoms with Crippen molar-refractivity contribution in [3.05, 3.63) is 30.1 Å². The number of pyridine rings is 1. The van der Waals surface area contributed by atoms with Gasteiger partial charge < -0.3 is 15.8 Å². The second kappa shape index (κ2) is 8.92. The highest BCUT2D eigenvalue weighted by atomic mass is 16.5. The molecular formula is C21H31N7O. The first-order valence-corrected chi connectivity index (χ1v) is 10.7. The van der Waals surface area contributed by atoms with Crippen LogP contribution >= 0.6 is 0 Å². The van der Waals surface area contributed by atoms with Crippen LogP contribution in [0.4, 0.5) is 5.82 Å². The van der Waals surface area contributed by atoms with Crippen LogP contribution in [0.1, 0.15) is 51.0 Å². The molecule has 1 fully saturated rings. The van der Waals surface area contributed by atoms with Crippen molar-refractivity contribution < 1.29 is 4.74 Å². The average molecular weight is 398 g/mol. The summed E-state index contributed by atoms with van der Waals surface area (Å²) in [6.07, 6.45) is 10.6. The van der Waals surface area contributed by atoms with E-state index in [2.05, 4.69) is 33.6 Å². The molecule has 1 aliphatic carbocycles. The lowest BCUT2D eigenvalue weighted by Gasteiger charge is -2.37. The Labute approximate surface area is 171 Å². The zero-order valence-corrected chi connectivity index (χ0v) is 17.2. The first kappa shape index (κ1) is 19.8. The van der Waals surface area contributed by atoms with Gasteiger partial charge in [-0.1, -0.05) is 26.2 Å². The van der Waals surface area contributed by atoms with Gasteiger partial charge in [0, 0.05) is 42.8 Å². The van der Waals surface area contributed by atoms with Crippen molar-refractivity contribution in [3.63, 3.8) is 0 Å². The number of anilines is 1. The van der Waals surface area contributed by atoms with Crippen LogP contribution in [0, 0.1) is 0 Å². The number of hydrogen-bond acceptors (Lipinski definition) is 6. The molecule has 0 spiro atoms. The number of aromatic amines is 1. The molecule has 0 aliphatic heterocycles. The Morgan fingerprint density at radius 3 is 2.86 bits per heavy atom. The van der Waals surface area contributed by atoms with E-state index in [0.29, 0.717) is 19.7 Å². The molecule has 0 amide bonds. The minimum atomic E-state index is -0.0198. The fraction of sp³-hybridized carbons (Fsp3) is 0.571. The van der Waals surface area contributed by atoms with E-state index in [0.717, 1.165) is 48.5 Å². The summed E-state index contributed by atoms with van der Waals surface area (Å²) in [5.41, 5.74) is 8.41. The number of hydrogen-bond donors (Lipinski definition) is 3. The number of nitrogens with zero attached hydrogens (tertiary/aromatic N) is 4. The Balaban J connectivity index is 1.74. The zero-order chi connectivity index (χ0) is 20.1. The third kappa shape index (κ3) is 4.00. The lowest BCUT2D eigenvalue weighted by Crippen LogP contribution is -2.37. The minimum Gasteiger partial charge on any atom is -0.380 e. The number of aromatic nitrogens is 5. The maximum absolute atomic E-state index is 6.36. The Morgan fingerprint density at radius 2 is 2.14 bits per heavy atom. The fourth-order valence-corrected chi connectivity index (χ4v) is 4.38. The molecule has 3 aromatic rings. The second-order valence-electron chi connectivity index (χ2n) is 7.87. The van der Waals surface area contributed by atoms with Crippen LogP contribution < -0.4 is 11.1 Å². The van der Waals surface area contributed by atoms with Gasteiger partial charge in [-0.2, -0.15) is 14.9 Å². The summed E-state index contributed by atoms with van der Waals surface area (Å²) in [6, 6.07) is 4.07. The maximum atomic E-state index is 6.36. The van der Waals surface area contributed by atoms with Gasteiger partial charge in [0.1, 0.15) is 5.82 Å². The van der Waals surface area contributed by atoms with Gasteiger partial charge in [0.2, 0.25) is 0 Å². The molecular weight excluding hydrogens is 366 g/mol. The van der Waals surface area contributed by atoms with Crippen molar-refractivity contribution in [3.8, 4) is 5.82 Å². The molecule has 0 saturated heterocycles. The Morgan fingerprint density at radius 1 is 1.28 bits per heavy atom. The number of nitrogens with one attached hydrogen (secondary N) is 2. The number of nitrogens with two attached hydrogens (primary N) is 1. The summed E-state index contributed by atoms with van der Waals surface area (Å²) < 4.78 is 7.40. The Hall–Kier alpha value is -2.45. The first-order valence-electron chi connectivity index (χ1n) is 10.7. The third-order valence-electron chi connectivity index (χ3n) is 5.92. The Bertz CT molecular complexity index is 913. The lowest BCUT2D eigenvalue weighted by atomic mass is 9.69. The smallest absolute Gasteiger partial charge is 0.177 e. The second-order valence-corrected chi connectivity index (χ2v) is 7.87. The van der Waals surface area contributed by atoms with E-state index in [1.54, 1.807) is 10.9 Å². The summed E-state index contributed by atoms with van der Waals surface area (Å²) in [5, 5.41) is 16.2. The highest BCUT2D eigenvalue weighted by Crippen LogP contribution is 2.42. The van der Waals surface area contributed by atoms with Crippen LogP contribution in [0.15, 0.2) is 24.5 Å². The molecule has 8 nitrogen and oxygen atoms in total. The predicted molar refractivity (Wildman–Crippen MR) is 114 cm³/mol. The van der Waals surface area contributed by atoms with E-state index in [4.69, 9.17) is 15.5 Å². The van der Waals surface area contributed by atoms with Crippen LogP contribution in [0.2, 0.25) is 0 Å². The number of ether oxygens (including phenoxy) is 1. The van der Waals surface area contributed by atoms with E-state index in [-0.39, 0.29) is 5.41 Å². The van der Waals surface area contributed by atoms with Gasteiger partial charge in [-0.15, -0.1) is 0 Å². The topological polar surface area (TPSA) is 107 Å². The largest absolute Gasteiger partial charge is 0.380 e. The quantitative estimate of drug-likeness (QED) is 0.479. The monoisotopic (exact) mass is 397 g/mol. The van der Waals surface area contributed by atoms with E-state index < -0.39 is 0 Å². The summed E-state index contributed by atoms with van der Waals surface area (Å²) in [7, 11) is 0. The van der Waals surface area contributed by atoms with Gasteiger partial charge in [0.05, 0.1) is 12.8 Å². The molecule has 156 valence electrons. The summed E-state index contributed by atoms with van der Waals surface area (Å²) in [6.45, 7) is 4.90. The van der Waals surface area contributed by atoms with E-state index in [1.165, 1.54) is 24.8 Å². The van der Waals surface area contributed by atoms with Gasteiger partial charge in [0.15, 0.2) is 11.5 Å². The third-order valence-corrected chi connectivity index (χ3v) is 5.92. The molecule has 1 aliphatic rings. The molecule has 0 unspecified atom stereocenters. The molecule has 4 rings (SSSR count). The molecule has 0 radical (unpaired) electrons. The Kier molecular flexibility index (Phi) is 6.10. The summed E-state index contributed by atoms with van der Waals surface area (Å²) in [5.74, 6) is 1.57. The molecule has 0 atom stereocenters. The van der Waals surface area contributed by atoms with Gasteiger partial charge in [0.25, 0.3) is 0 Å². The van der Waals surface area contributed by atoms with Gasteiger partial charge in [-0.25, -0.2) is 4.98 Å². The molecule has 29 heavy (non-hydrogen) atoms. The van der Waals surface area contributed by atoms with Crippen LogP contribution in [0.3, 0.4) is 0 Å². The molecule has 0 aromatic carbocycles. The summed E-state index contributed by atoms with van der Waals surface area (Å²) >= 11 is 0. The highest BCUT2D eigenvalue weighted by Gasteiger charge is 2.35. The number of H-pyrrole nitrogens is 1. The molecule has 0 bridgehead atoms. The van der Waals surface area contributed by atoms with Gasteiger partial charge in [-0.05, 0) is 30.9 Å². The number of fused-ring (bicyclic) bond motifs is 1. The molecule has 4 N–H and O–H groups in total. The van der Waals surface area contributed by atoms with Crippen molar-refractivity contribution in [2.75, 3.05) is 31.6 Å². The normalized spacial score (nSPS) is 16.3. The van der Waals surface area contributed by atoms with E-state index in [9.17, 15) is 0 Å². The SMILES string of the molecule is CCCOCCNc1cc(C2(CN)CCCCC2)c2cnn(-c3cc[nH]n3)c2n1. The van der Waals surface area contributed by atoms with E-state index in [1.807, 2.05) is 12.3 Å². The van der Waals surface area contributed by atoms with Crippen LogP contribution in [-0.2, 0) is 10.2 Å². The van der Waals surface area contributed by atoms with Crippen molar-refractivity contribution in [2.24, 2.45) is 5.73 Å². The van der Waals surface area contributed by atoms with Crippen molar-refractivity contribution in [2.45, 2.75) is 50.9 Å². The van der Waals surface area contributed by atoms with Gasteiger partial charge >= 0.3 is 0 Å². The number of rotatable bonds is 9. The molecule has 8 heteroatoms. The average Bonchev–Trinajstić information content (AvgIpc) is 3.43. The standard InChI is InChI=1S/C21H31N7O/c1-2-11-29-12-10-23-18-13-17(21(15-22)7-4-3-5-8-21)16-14-25-28(20(16)26-18)19-6-9-24-27-19/h6,9,13-14H,2-5,7-8,10-12,15,22H2,1H3,(H,23,26)(H,24,27). The maximum Gasteiger partial charge on any atom is 0.177 e. The minimum absolute atomic E-state index is 0.0198. The predicted octanol–water partition coefficient (Wildman–Crippen LogP) is 3.14. The first-order chi connectivity index (χ1) is 14.3. The summed E-state index contributed by atoms with van der Waals surface area (Å²) in [4.78, 5) is 4.87. The highest BCUT2D eigenvalue weighted by molar-refractivity contribution is 5.83. The molecule has 3 aromatic heterocycles. The van der Waals surface area contributed by atoms with E-state index >= 15 is 0 Å². The van der Waals surface area contributed by atoms with Crippen molar-refractivity contribution in [1.82, 2.24) is 25.0 Å².